The van der Waals surface area contributed by atoms with Gasteiger partial charge in [0.25, 0.3) is 0 Å². The van der Waals surface area contributed by atoms with Crippen molar-refractivity contribution in [3.05, 3.63) is 41.2 Å². The third-order valence-electron chi connectivity index (χ3n) is 6.07. The summed E-state index contributed by atoms with van der Waals surface area (Å²) in [5.74, 6) is 0.295. The molecule has 0 unspecified atom stereocenters. The van der Waals surface area contributed by atoms with Crippen LogP contribution < -0.4 is 0 Å². The van der Waals surface area contributed by atoms with E-state index in [1.54, 1.807) is 25.3 Å². The van der Waals surface area contributed by atoms with E-state index in [0.717, 1.165) is 16.9 Å². The zero-order valence-corrected chi connectivity index (χ0v) is 22.4. The Labute approximate surface area is 206 Å². The smallest absolute Gasteiger partial charge is 0.243 e. The fourth-order valence-corrected chi connectivity index (χ4v) is 6.63. The van der Waals surface area contributed by atoms with Gasteiger partial charge in [0, 0.05) is 50.2 Å². The number of rotatable bonds is 12. The molecular formula is C24H34N4O4S2. The Hall–Kier alpha value is -2.14. The Morgan fingerprint density at radius 2 is 1.82 bits per heavy atom. The van der Waals surface area contributed by atoms with Crippen molar-refractivity contribution in [2.24, 2.45) is 0 Å². The van der Waals surface area contributed by atoms with Crippen molar-refractivity contribution in [1.29, 1.82) is 0 Å². The van der Waals surface area contributed by atoms with Crippen molar-refractivity contribution in [1.82, 2.24) is 18.4 Å². The monoisotopic (exact) mass is 506 g/mol. The molecular weight excluding hydrogens is 472 g/mol. The van der Waals surface area contributed by atoms with Gasteiger partial charge in [-0.3, -0.25) is 4.79 Å². The van der Waals surface area contributed by atoms with Crippen LogP contribution in [0.5, 0.6) is 0 Å². The number of imidazole rings is 1. The number of hydrogen-bond donors (Lipinski definition) is 0. The van der Waals surface area contributed by atoms with Gasteiger partial charge >= 0.3 is 0 Å². The number of aromatic nitrogens is 3. The van der Waals surface area contributed by atoms with Crippen LogP contribution in [0.1, 0.15) is 42.5 Å². The number of ketones is 1. The number of carbonyl (C=O) groups is 1. The molecule has 2 heterocycles. The minimum atomic E-state index is -3.57. The molecule has 34 heavy (non-hydrogen) atoms. The van der Waals surface area contributed by atoms with Gasteiger partial charge in [-0.05, 0) is 45.0 Å². The topological polar surface area (TPSA) is 86.4 Å². The van der Waals surface area contributed by atoms with Crippen LogP contribution in [0.15, 0.2) is 34.3 Å². The molecule has 0 atom stereocenters. The number of sulfonamides is 1. The molecule has 186 valence electrons. The van der Waals surface area contributed by atoms with E-state index in [1.807, 2.05) is 45.3 Å². The lowest BCUT2D eigenvalue weighted by atomic mass is 10.2. The average Bonchev–Trinajstić information content (AvgIpc) is 3.32. The number of aryl methyl sites for hydroxylation is 2. The van der Waals surface area contributed by atoms with E-state index in [-0.39, 0.29) is 16.4 Å². The molecule has 1 aromatic carbocycles. The fourth-order valence-electron chi connectivity index (χ4n) is 4.19. The van der Waals surface area contributed by atoms with Crippen LogP contribution in [0, 0.1) is 13.8 Å². The van der Waals surface area contributed by atoms with Gasteiger partial charge in [0.05, 0.1) is 28.3 Å². The second kappa shape index (κ2) is 11.1. The highest BCUT2D eigenvalue weighted by atomic mass is 32.2. The maximum Gasteiger partial charge on any atom is 0.243 e. The van der Waals surface area contributed by atoms with E-state index >= 15 is 0 Å². The number of nitrogens with zero attached hydrogens (tertiary/aromatic N) is 4. The van der Waals surface area contributed by atoms with Crippen LogP contribution in [-0.4, -0.2) is 65.2 Å². The van der Waals surface area contributed by atoms with Crippen LogP contribution in [0.25, 0.3) is 11.0 Å². The highest BCUT2D eigenvalue weighted by molar-refractivity contribution is 7.99. The van der Waals surface area contributed by atoms with E-state index in [9.17, 15) is 13.2 Å². The minimum absolute atomic E-state index is 0.0428. The molecule has 0 spiro atoms. The third kappa shape index (κ3) is 5.10. The summed E-state index contributed by atoms with van der Waals surface area (Å²) in [6.07, 6.45) is 0. The highest BCUT2D eigenvalue weighted by Gasteiger charge is 2.23. The van der Waals surface area contributed by atoms with Crippen molar-refractivity contribution < 1.29 is 17.9 Å². The van der Waals surface area contributed by atoms with E-state index in [2.05, 4.69) is 9.55 Å². The van der Waals surface area contributed by atoms with E-state index < -0.39 is 10.0 Å². The van der Waals surface area contributed by atoms with Gasteiger partial charge in [0.2, 0.25) is 10.0 Å². The fraction of sp³-hybridized carbons (Fsp3) is 0.500. The number of benzene rings is 1. The van der Waals surface area contributed by atoms with Gasteiger partial charge in [0.1, 0.15) is 0 Å². The SMILES string of the molecule is CCN(CC)S(=O)(=O)c1ccc2c(c1)nc(SCC(=O)c1cc(C)n(CCOC)c1C)n2CC. The maximum absolute atomic E-state index is 13.0. The Morgan fingerprint density at radius 1 is 1.12 bits per heavy atom. The second-order valence-electron chi connectivity index (χ2n) is 8.02. The first-order valence-corrected chi connectivity index (χ1v) is 13.9. The standard InChI is InChI=1S/C24H34N4O4S2/c1-7-26(8-2)34(30,31)19-10-11-22-21(15-19)25-24(27(22)9-3)33-16-23(29)20-14-17(4)28(18(20)5)12-13-32-6/h10-11,14-15H,7-9,12-13,16H2,1-6H3. The first kappa shape index (κ1) is 26.5. The summed E-state index contributed by atoms with van der Waals surface area (Å²) in [5.41, 5.74) is 4.16. The lowest BCUT2D eigenvalue weighted by Crippen LogP contribution is -2.30. The molecule has 0 amide bonds. The average molecular weight is 507 g/mol. The van der Waals surface area contributed by atoms with Gasteiger partial charge in [-0.1, -0.05) is 25.6 Å². The number of Topliss-reactive ketones (excluding diaryl/α,β-unsaturated/α-hetero) is 1. The van der Waals surface area contributed by atoms with Crippen molar-refractivity contribution in [2.45, 2.75) is 57.8 Å². The number of hydrogen-bond acceptors (Lipinski definition) is 6. The van der Waals surface area contributed by atoms with Gasteiger partial charge in [-0.15, -0.1) is 0 Å². The van der Waals surface area contributed by atoms with E-state index in [4.69, 9.17) is 4.74 Å². The molecule has 0 radical (unpaired) electrons. The number of ether oxygens (including phenoxy) is 1. The summed E-state index contributed by atoms with van der Waals surface area (Å²) in [4.78, 5) is 18.0. The summed E-state index contributed by atoms with van der Waals surface area (Å²) < 4.78 is 36.6. The molecule has 3 rings (SSSR count). The van der Waals surface area contributed by atoms with Crippen LogP contribution in [0.4, 0.5) is 0 Å². The van der Waals surface area contributed by atoms with Crippen LogP contribution >= 0.6 is 11.8 Å². The molecule has 10 heteroatoms. The molecule has 0 aliphatic heterocycles. The van der Waals surface area contributed by atoms with E-state index in [0.29, 0.717) is 49.0 Å². The molecule has 0 fully saturated rings. The largest absolute Gasteiger partial charge is 0.383 e. The minimum Gasteiger partial charge on any atom is -0.383 e. The molecule has 0 aliphatic carbocycles. The van der Waals surface area contributed by atoms with Crippen LogP contribution in [0.3, 0.4) is 0 Å². The third-order valence-corrected chi connectivity index (χ3v) is 9.09. The molecule has 0 saturated heterocycles. The predicted octanol–water partition coefficient (Wildman–Crippen LogP) is 4.13. The second-order valence-corrected chi connectivity index (χ2v) is 10.9. The van der Waals surface area contributed by atoms with Crippen molar-refractivity contribution in [2.75, 3.05) is 32.6 Å². The van der Waals surface area contributed by atoms with Crippen molar-refractivity contribution >= 4 is 38.6 Å². The van der Waals surface area contributed by atoms with Crippen molar-refractivity contribution in [3.8, 4) is 0 Å². The Bertz CT molecular complexity index is 1270. The number of thioether (sulfide) groups is 1. The summed E-state index contributed by atoms with van der Waals surface area (Å²) in [7, 11) is -1.90. The molecule has 0 saturated carbocycles. The molecule has 3 aromatic rings. The van der Waals surface area contributed by atoms with Crippen molar-refractivity contribution in [3.63, 3.8) is 0 Å². The zero-order chi connectivity index (χ0) is 25.0. The molecule has 0 bridgehead atoms. The Morgan fingerprint density at radius 3 is 2.44 bits per heavy atom. The molecule has 0 aliphatic rings. The summed E-state index contributed by atoms with van der Waals surface area (Å²) in [5, 5.41) is 0.705. The van der Waals surface area contributed by atoms with Gasteiger partial charge in [-0.2, -0.15) is 4.31 Å². The van der Waals surface area contributed by atoms with Gasteiger partial charge in [-0.25, -0.2) is 13.4 Å². The summed E-state index contributed by atoms with van der Waals surface area (Å²) in [6.45, 7) is 12.4. The maximum atomic E-state index is 13.0. The van der Waals surface area contributed by atoms with Crippen LogP contribution in [-0.2, 0) is 27.8 Å². The molecule has 8 nitrogen and oxygen atoms in total. The number of carbonyl (C=O) groups excluding carboxylic acids is 1. The highest BCUT2D eigenvalue weighted by Crippen LogP contribution is 2.28. The summed E-state index contributed by atoms with van der Waals surface area (Å²) >= 11 is 1.38. The molecule has 2 aromatic heterocycles. The number of fused-ring (bicyclic) bond motifs is 1. The number of methoxy groups -OCH3 is 1. The predicted molar refractivity (Wildman–Crippen MR) is 136 cm³/mol. The first-order chi connectivity index (χ1) is 16.2. The molecule has 0 N–H and O–H groups in total. The lowest BCUT2D eigenvalue weighted by Gasteiger charge is -2.18. The normalized spacial score (nSPS) is 12.2. The first-order valence-electron chi connectivity index (χ1n) is 11.5. The lowest BCUT2D eigenvalue weighted by molar-refractivity contribution is 0.102. The van der Waals surface area contributed by atoms with Crippen LogP contribution in [0.2, 0.25) is 0 Å². The quantitative estimate of drug-likeness (QED) is 0.271. The van der Waals surface area contributed by atoms with Gasteiger partial charge in [0.15, 0.2) is 10.9 Å². The Balaban J connectivity index is 1.86. The van der Waals surface area contributed by atoms with E-state index in [1.165, 1.54) is 16.1 Å². The zero-order valence-electron chi connectivity index (χ0n) is 20.8. The Kier molecular flexibility index (Phi) is 8.62. The van der Waals surface area contributed by atoms with Gasteiger partial charge < -0.3 is 13.9 Å². The summed E-state index contributed by atoms with van der Waals surface area (Å²) in [6, 6.07) is 7.00.